The molecule has 0 saturated heterocycles. The molecule has 0 aliphatic heterocycles. The maximum Gasteiger partial charge on any atom is 0.404 e. The molecule has 1 rings (SSSR count). The number of hydrogen-bond acceptors (Lipinski definition) is 2. The first-order valence-corrected chi connectivity index (χ1v) is 7.70. The molecule has 23 heavy (non-hydrogen) atoms. The molecule has 6 heteroatoms. The highest BCUT2D eigenvalue weighted by Crippen LogP contribution is 2.33. The third-order valence-corrected chi connectivity index (χ3v) is 3.94. The number of hydrogen-bond donors (Lipinski definition) is 4. The maximum absolute atomic E-state index is 11.1. The normalized spacial score (nSPS) is 13.9. The Morgan fingerprint density at radius 2 is 1.70 bits per heavy atom. The fourth-order valence-corrected chi connectivity index (χ4v) is 2.79. The van der Waals surface area contributed by atoms with Crippen molar-refractivity contribution in [2.45, 2.75) is 39.7 Å². The molecule has 0 spiro atoms. The number of carbonyl (C=O) groups is 2. The van der Waals surface area contributed by atoms with Gasteiger partial charge in [-0.2, -0.15) is 0 Å². The van der Waals surface area contributed by atoms with Gasteiger partial charge in [-0.15, -0.1) is 0 Å². The Kier molecular flexibility index (Phi) is 6.88. The van der Waals surface area contributed by atoms with Crippen LogP contribution in [0.3, 0.4) is 0 Å². The van der Waals surface area contributed by atoms with Crippen LogP contribution in [-0.4, -0.2) is 35.0 Å². The van der Waals surface area contributed by atoms with Crippen LogP contribution in [0.4, 0.5) is 9.59 Å². The van der Waals surface area contributed by atoms with Gasteiger partial charge in [-0.1, -0.05) is 51.1 Å². The summed E-state index contributed by atoms with van der Waals surface area (Å²) in [6.07, 6.45) is -1.06. The molecule has 1 aromatic carbocycles. The van der Waals surface area contributed by atoms with Gasteiger partial charge in [0.25, 0.3) is 0 Å². The van der Waals surface area contributed by atoms with E-state index in [9.17, 15) is 9.59 Å². The molecule has 2 unspecified atom stereocenters. The number of nitrogens with one attached hydrogen (secondary N) is 2. The molecule has 0 heterocycles. The van der Waals surface area contributed by atoms with Crippen LogP contribution in [0.15, 0.2) is 30.3 Å². The molecule has 6 nitrogen and oxygen atoms in total. The van der Waals surface area contributed by atoms with Crippen LogP contribution in [-0.2, 0) is 6.42 Å². The van der Waals surface area contributed by atoms with E-state index in [0.29, 0.717) is 6.42 Å². The van der Waals surface area contributed by atoms with Crippen LogP contribution in [0, 0.1) is 11.3 Å². The van der Waals surface area contributed by atoms with Crippen molar-refractivity contribution in [1.82, 2.24) is 10.6 Å². The SMILES string of the molecule is CC(C)(C)C(Cc1ccccc1)C(CCNC(=O)O)NC(=O)O. The second-order valence-corrected chi connectivity index (χ2v) is 6.74. The van der Waals surface area contributed by atoms with Gasteiger partial charge in [0.05, 0.1) is 0 Å². The molecule has 0 bridgehead atoms. The van der Waals surface area contributed by atoms with Gasteiger partial charge in [-0.25, -0.2) is 9.59 Å². The standard InChI is InChI=1S/C17H26N2O4/c1-17(2,3)13(11-12-7-5-4-6-8-12)14(19-16(22)23)9-10-18-15(20)21/h4-8,13-14,18-19H,9-11H2,1-3H3,(H,20,21)(H,22,23). The molecule has 0 aliphatic rings. The van der Waals surface area contributed by atoms with E-state index in [-0.39, 0.29) is 23.9 Å². The average molecular weight is 322 g/mol. The van der Waals surface area contributed by atoms with Gasteiger partial charge in [0.15, 0.2) is 0 Å². The van der Waals surface area contributed by atoms with E-state index >= 15 is 0 Å². The second kappa shape index (κ2) is 8.41. The number of carboxylic acid groups (broad SMARTS) is 2. The van der Waals surface area contributed by atoms with E-state index in [1.807, 2.05) is 30.3 Å². The molecular weight excluding hydrogens is 296 g/mol. The third kappa shape index (κ3) is 7.04. The van der Waals surface area contributed by atoms with Crippen LogP contribution in [0.1, 0.15) is 32.8 Å². The summed E-state index contributed by atoms with van der Waals surface area (Å²) >= 11 is 0. The Labute approximate surface area is 136 Å². The van der Waals surface area contributed by atoms with Gasteiger partial charge in [0, 0.05) is 12.6 Å². The minimum atomic E-state index is -1.10. The van der Waals surface area contributed by atoms with E-state index in [1.165, 1.54) is 0 Å². The topological polar surface area (TPSA) is 98.7 Å². The van der Waals surface area contributed by atoms with E-state index < -0.39 is 12.2 Å². The number of amides is 2. The number of benzene rings is 1. The van der Waals surface area contributed by atoms with Gasteiger partial charge < -0.3 is 20.8 Å². The summed E-state index contributed by atoms with van der Waals surface area (Å²) < 4.78 is 0. The summed E-state index contributed by atoms with van der Waals surface area (Å²) in [7, 11) is 0. The predicted molar refractivity (Wildman–Crippen MR) is 88.7 cm³/mol. The molecule has 0 aliphatic carbocycles. The fourth-order valence-electron chi connectivity index (χ4n) is 2.79. The van der Waals surface area contributed by atoms with Gasteiger partial charge in [-0.05, 0) is 29.7 Å². The maximum atomic E-state index is 11.1. The molecule has 4 N–H and O–H groups in total. The highest BCUT2D eigenvalue weighted by molar-refractivity contribution is 5.65. The minimum Gasteiger partial charge on any atom is -0.465 e. The number of rotatable bonds is 7. The van der Waals surface area contributed by atoms with Gasteiger partial charge in [-0.3, -0.25) is 0 Å². The Hall–Kier alpha value is -2.24. The van der Waals surface area contributed by atoms with Crippen LogP contribution in [0.2, 0.25) is 0 Å². The highest BCUT2D eigenvalue weighted by Gasteiger charge is 2.33. The highest BCUT2D eigenvalue weighted by atomic mass is 16.4. The van der Waals surface area contributed by atoms with Crippen LogP contribution < -0.4 is 10.6 Å². The van der Waals surface area contributed by atoms with Crippen LogP contribution in [0.5, 0.6) is 0 Å². The second-order valence-electron chi connectivity index (χ2n) is 6.74. The summed E-state index contributed by atoms with van der Waals surface area (Å²) in [5.74, 6) is 0.0385. The zero-order valence-electron chi connectivity index (χ0n) is 13.9. The lowest BCUT2D eigenvalue weighted by Gasteiger charge is -2.37. The molecular formula is C17H26N2O4. The predicted octanol–water partition coefficient (Wildman–Crippen LogP) is 3.19. The van der Waals surface area contributed by atoms with Crippen LogP contribution >= 0.6 is 0 Å². The molecule has 0 fully saturated rings. The largest absolute Gasteiger partial charge is 0.465 e. The quantitative estimate of drug-likeness (QED) is 0.619. The molecule has 1 aromatic rings. The Morgan fingerprint density at radius 3 is 2.17 bits per heavy atom. The lowest BCUT2D eigenvalue weighted by Crippen LogP contribution is -2.47. The summed E-state index contributed by atoms with van der Waals surface area (Å²) in [4.78, 5) is 21.8. The molecule has 0 saturated carbocycles. The Bertz CT molecular complexity index is 511. The van der Waals surface area contributed by atoms with E-state index in [0.717, 1.165) is 12.0 Å². The molecule has 2 amide bonds. The summed E-state index contributed by atoms with van der Waals surface area (Å²) in [6, 6.07) is 9.57. The van der Waals surface area contributed by atoms with E-state index in [1.54, 1.807) is 0 Å². The van der Waals surface area contributed by atoms with Crippen molar-refractivity contribution in [3.05, 3.63) is 35.9 Å². The molecule has 2 atom stereocenters. The summed E-state index contributed by atoms with van der Waals surface area (Å²) in [5, 5.41) is 22.7. The van der Waals surface area contributed by atoms with E-state index in [4.69, 9.17) is 10.2 Å². The zero-order valence-corrected chi connectivity index (χ0v) is 13.9. The van der Waals surface area contributed by atoms with Crippen molar-refractivity contribution in [2.75, 3.05) is 6.54 Å². The molecule has 0 radical (unpaired) electrons. The first-order valence-electron chi connectivity index (χ1n) is 7.70. The van der Waals surface area contributed by atoms with E-state index in [2.05, 4.69) is 31.4 Å². The third-order valence-electron chi connectivity index (χ3n) is 3.94. The first-order chi connectivity index (χ1) is 10.7. The minimum absolute atomic E-state index is 0.0385. The molecule has 128 valence electrons. The van der Waals surface area contributed by atoms with Crippen LogP contribution in [0.25, 0.3) is 0 Å². The average Bonchev–Trinajstić information content (AvgIpc) is 2.43. The van der Waals surface area contributed by atoms with Gasteiger partial charge >= 0.3 is 12.2 Å². The van der Waals surface area contributed by atoms with Crippen molar-refractivity contribution >= 4 is 12.2 Å². The zero-order chi connectivity index (χ0) is 17.5. The van der Waals surface area contributed by atoms with Gasteiger partial charge in [0.2, 0.25) is 0 Å². The summed E-state index contributed by atoms with van der Waals surface area (Å²) in [5.41, 5.74) is 1.00. The van der Waals surface area contributed by atoms with Crippen molar-refractivity contribution < 1.29 is 19.8 Å². The summed E-state index contributed by atoms with van der Waals surface area (Å²) in [6.45, 7) is 6.42. The Morgan fingerprint density at radius 1 is 1.09 bits per heavy atom. The lowest BCUT2D eigenvalue weighted by molar-refractivity contribution is 0.148. The van der Waals surface area contributed by atoms with Crippen molar-refractivity contribution in [2.24, 2.45) is 11.3 Å². The smallest absolute Gasteiger partial charge is 0.404 e. The van der Waals surface area contributed by atoms with Crippen molar-refractivity contribution in [1.29, 1.82) is 0 Å². The lowest BCUT2D eigenvalue weighted by atomic mass is 9.72. The molecule has 0 aromatic heterocycles. The fraction of sp³-hybridized carbons (Fsp3) is 0.529. The monoisotopic (exact) mass is 322 g/mol. The van der Waals surface area contributed by atoms with Crippen molar-refractivity contribution in [3.8, 4) is 0 Å². The van der Waals surface area contributed by atoms with Crippen molar-refractivity contribution in [3.63, 3.8) is 0 Å². The van der Waals surface area contributed by atoms with Gasteiger partial charge in [0.1, 0.15) is 0 Å². The first kappa shape index (κ1) is 18.8. The Balaban J connectivity index is 2.91.